The van der Waals surface area contributed by atoms with Gasteiger partial charge in [-0.05, 0) is 44.9 Å². The summed E-state index contributed by atoms with van der Waals surface area (Å²) in [5, 5.41) is 3.01. The third-order valence-electron chi connectivity index (χ3n) is 5.49. The molecule has 152 valence electrons. The van der Waals surface area contributed by atoms with Gasteiger partial charge in [0.25, 0.3) is 5.91 Å². The minimum Gasteiger partial charge on any atom is -0.466 e. The number of hydrogen-bond acceptors (Lipinski definition) is 5. The second-order valence-corrected chi connectivity index (χ2v) is 7.63. The molecule has 2 fully saturated rings. The molecule has 9 heteroatoms. The SMILES string of the molecule is CCOC(=O)C1CCC2C(F)(C(=O)OCC)C12NC(=O)c1ccc(Cl)c(Cl)c1. The molecule has 6 nitrogen and oxygen atoms in total. The van der Waals surface area contributed by atoms with Crippen molar-refractivity contribution in [3.8, 4) is 0 Å². The van der Waals surface area contributed by atoms with Gasteiger partial charge in [-0.15, -0.1) is 0 Å². The van der Waals surface area contributed by atoms with Crippen LogP contribution >= 0.6 is 23.2 Å². The molecule has 0 saturated heterocycles. The molecule has 0 aromatic heterocycles. The number of benzene rings is 1. The maximum Gasteiger partial charge on any atom is 0.346 e. The van der Waals surface area contributed by atoms with E-state index in [2.05, 4.69) is 5.32 Å². The number of hydrogen-bond donors (Lipinski definition) is 1. The lowest BCUT2D eigenvalue weighted by Crippen LogP contribution is -2.52. The van der Waals surface area contributed by atoms with E-state index in [-0.39, 0.29) is 35.2 Å². The van der Waals surface area contributed by atoms with Gasteiger partial charge >= 0.3 is 11.9 Å². The summed E-state index contributed by atoms with van der Waals surface area (Å²) in [6, 6.07) is 4.20. The topological polar surface area (TPSA) is 81.7 Å². The molecule has 0 spiro atoms. The van der Waals surface area contributed by atoms with Gasteiger partial charge in [0.2, 0.25) is 5.67 Å². The van der Waals surface area contributed by atoms with Gasteiger partial charge in [0.05, 0.1) is 29.2 Å². The molecule has 1 amide bonds. The van der Waals surface area contributed by atoms with Gasteiger partial charge in [-0.1, -0.05) is 23.2 Å². The van der Waals surface area contributed by atoms with Crippen molar-refractivity contribution in [2.24, 2.45) is 11.8 Å². The van der Waals surface area contributed by atoms with E-state index in [9.17, 15) is 14.4 Å². The molecule has 0 heterocycles. The lowest BCUT2D eigenvalue weighted by molar-refractivity contribution is -0.156. The largest absolute Gasteiger partial charge is 0.466 e. The van der Waals surface area contributed by atoms with E-state index in [1.807, 2.05) is 0 Å². The number of amides is 1. The highest BCUT2D eigenvalue weighted by Crippen LogP contribution is 2.69. The number of nitrogens with one attached hydrogen (secondary N) is 1. The first-order chi connectivity index (χ1) is 13.2. The molecule has 1 aromatic rings. The zero-order chi connectivity index (χ0) is 20.7. The number of esters is 2. The van der Waals surface area contributed by atoms with Crippen LogP contribution in [-0.2, 0) is 19.1 Å². The summed E-state index contributed by atoms with van der Waals surface area (Å²) in [5.41, 5.74) is -4.05. The van der Waals surface area contributed by atoms with Crippen molar-refractivity contribution in [2.45, 2.75) is 37.9 Å². The van der Waals surface area contributed by atoms with Crippen LogP contribution in [-0.4, -0.2) is 42.3 Å². The Morgan fingerprint density at radius 3 is 2.43 bits per heavy atom. The molecule has 0 bridgehead atoms. The van der Waals surface area contributed by atoms with E-state index >= 15 is 4.39 Å². The number of fused-ring (bicyclic) bond motifs is 1. The van der Waals surface area contributed by atoms with E-state index in [0.717, 1.165) is 0 Å². The lowest BCUT2D eigenvalue weighted by Gasteiger charge is -2.26. The van der Waals surface area contributed by atoms with Crippen LogP contribution in [0, 0.1) is 11.8 Å². The van der Waals surface area contributed by atoms with Gasteiger partial charge in [-0.25, -0.2) is 9.18 Å². The molecular weight excluding hydrogens is 412 g/mol. The van der Waals surface area contributed by atoms with Crippen molar-refractivity contribution in [1.29, 1.82) is 0 Å². The van der Waals surface area contributed by atoms with Gasteiger partial charge in [-0.3, -0.25) is 9.59 Å². The third kappa shape index (κ3) is 2.95. The van der Waals surface area contributed by atoms with Crippen LogP contribution in [0.2, 0.25) is 10.0 Å². The number of rotatable bonds is 6. The number of ether oxygens (including phenoxy) is 2. The van der Waals surface area contributed by atoms with Gasteiger partial charge < -0.3 is 14.8 Å². The fourth-order valence-corrected chi connectivity index (χ4v) is 4.57. The molecule has 4 atom stereocenters. The maximum absolute atomic E-state index is 15.8. The Bertz CT molecular complexity index is 835. The average Bonchev–Trinajstić information content (AvgIpc) is 2.97. The highest BCUT2D eigenvalue weighted by atomic mass is 35.5. The molecule has 28 heavy (non-hydrogen) atoms. The summed E-state index contributed by atoms with van der Waals surface area (Å²) in [7, 11) is 0. The summed E-state index contributed by atoms with van der Waals surface area (Å²) in [5.74, 6) is -4.24. The van der Waals surface area contributed by atoms with Crippen molar-refractivity contribution in [2.75, 3.05) is 13.2 Å². The van der Waals surface area contributed by atoms with Crippen LogP contribution < -0.4 is 5.32 Å². The summed E-state index contributed by atoms with van der Waals surface area (Å²) >= 11 is 11.8. The zero-order valence-corrected chi connectivity index (χ0v) is 16.9. The molecule has 0 radical (unpaired) electrons. The van der Waals surface area contributed by atoms with Crippen molar-refractivity contribution >= 4 is 41.0 Å². The number of alkyl halides is 1. The quantitative estimate of drug-likeness (QED) is 0.698. The van der Waals surface area contributed by atoms with Crippen molar-refractivity contribution in [1.82, 2.24) is 5.32 Å². The number of carbonyl (C=O) groups is 3. The van der Waals surface area contributed by atoms with E-state index < -0.39 is 40.9 Å². The monoisotopic (exact) mass is 431 g/mol. The summed E-state index contributed by atoms with van der Waals surface area (Å²) < 4.78 is 25.7. The Labute approximate surface area is 171 Å². The van der Waals surface area contributed by atoms with Gasteiger partial charge in [0.1, 0.15) is 5.54 Å². The molecule has 2 aliphatic rings. The summed E-state index contributed by atoms with van der Waals surface area (Å²) in [6.45, 7) is 3.28. The molecular formula is C19H20Cl2FNO5. The minimum atomic E-state index is -2.48. The summed E-state index contributed by atoms with van der Waals surface area (Å²) in [6.07, 6.45) is 0.552. The molecule has 1 aromatic carbocycles. The number of carbonyl (C=O) groups excluding carboxylic acids is 3. The average molecular weight is 432 g/mol. The maximum atomic E-state index is 15.8. The fraction of sp³-hybridized carbons (Fsp3) is 0.526. The van der Waals surface area contributed by atoms with Crippen LogP contribution in [0.1, 0.15) is 37.0 Å². The van der Waals surface area contributed by atoms with Crippen LogP contribution in [0.4, 0.5) is 4.39 Å². The highest BCUT2D eigenvalue weighted by molar-refractivity contribution is 6.42. The second kappa shape index (κ2) is 7.52. The van der Waals surface area contributed by atoms with Crippen molar-refractivity contribution in [3.05, 3.63) is 33.8 Å². The first kappa shape index (κ1) is 20.9. The second-order valence-electron chi connectivity index (χ2n) is 6.82. The Balaban J connectivity index is 1.95. The first-order valence-corrected chi connectivity index (χ1v) is 9.79. The van der Waals surface area contributed by atoms with Gasteiger partial charge in [0, 0.05) is 11.5 Å². The lowest BCUT2D eigenvalue weighted by atomic mass is 9.92. The predicted octanol–water partition coefficient (Wildman–Crippen LogP) is 3.34. The first-order valence-electron chi connectivity index (χ1n) is 9.04. The summed E-state index contributed by atoms with van der Waals surface area (Å²) in [4.78, 5) is 37.6. The predicted molar refractivity (Wildman–Crippen MR) is 100.0 cm³/mol. The van der Waals surface area contributed by atoms with Gasteiger partial charge in [0.15, 0.2) is 0 Å². The van der Waals surface area contributed by atoms with E-state index in [4.69, 9.17) is 32.7 Å². The minimum absolute atomic E-state index is 0.0158. The van der Waals surface area contributed by atoms with Crippen molar-refractivity contribution in [3.63, 3.8) is 0 Å². The molecule has 1 N–H and O–H groups in total. The van der Waals surface area contributed by atoms with Crippen LogP contribution in [0.15, 0.2) is 18.2 Å². The van der Waals surface area contributed by atoms with Crippen LogP contribution in [0.25, 0.3) is 0 Å². The molecule has 0 aliphatic heterocycles. The Hall–Kier alpha value is -1.86. The number of halogens is 3. The van der Waals surface area contributed by atoms with E-state index in [1.54, 1.807) is 13.8 Å². The Morgan fingerprint density at radius 2 is 1.82 bits per heavy atom. The third-order valence-corrected chi connectivity index (χ3v) is 6.23. The standard InChI is InChI=1S/C19H20Cl2FNO5/c1-3-27-16(25)11-6-8-14-18(22,17(26)28-4-2)19(11,14)23-15(24)10-5-7-12(20)13(21)9-10/h5,7,9,11,14H,3-4,6,8H2,1-2H3,(H,23,24). The zero-order valence-electron chi connectivity index (χ0n) is 15.4. The normalized spacial score (nSPS) is 30.3. The Morgan fingerprint density at radius 1 is 1.14 bits per heavy atom. The van der Waals surface area contributed by atoms with E-state index in [0.29, 0.717) is 6.42 Å². The van der Waals surface area contributed by atoms with Crippen molar-refractivity contribution < 1.29 is 28.2 Å². The Kier molecular flexibility index (Phi) is 5.60. The molecule has 2 saturated carbocycles. The fourth-order valence-electron chi connectivity index (χ4n) is 4.28. The smallest absolute Gasteiger partial charge is 0.346 e. The highest BCUT2D eigenvalue weighted by Gasteiger charge is 2.89. The van der Waals surface area contributed by atoms with Gasteiger partial charge in [-0.2, -0.15) is 0 Å². The molecule has 3 rings (SSSR count). The van der Waals surface area contributed by atoms with E-state index in [1.165, 1.54) is 18.2 Å². The van der Waals surface area contributed by atoms with Crippen LogP contribution in [0.3, 0.4) is 0 Å². The molecule has 4 unspecified atom stereocenters. The van der Waals surface area contributed by atoms with Crippen LogP contribution in [0.5, 0.6) is 0 Å². The molecule has 2 aliphatic carbocycles.